The zero-order valence-electron chi connectivity index (χ0n) is 21.8. The molecule has 1 aromatic carbocycles. The average molecular weight is 544 g/mol. The molecular formula is C27H32F3N7O2. The molecule has 2 saturated heterocycles. The fourth-order valence-corrected chi connectivity index (χ4v) is 5.02. The van der Waals surface area contributed by atoms with Gasteiger partial charge >= 0.3 is 6.18 Å². The second-order valence-electron chi connectivity index (χ2n) is 9.97. The number of piperidine rings is 1. The molecule has 2 fully saturated rings. The molecule has 12 heteroatoms. The van der Waals surface area contributed by atoms with Crippen molar-refractivity contribution in [3.05, 3.63) is 47.3 Å². The summed E-state index contributed by atoms with van der Waals surface area (Å²) in [7, 11) is 0. The molecule has 0 radical (unpaired) electrons. The molecule has 39 heavy (non-hydrogen) atoms. The van der Waals surface area contributed by atoms with Crippen molar-refractivity contribution in [2.24, 2.45) is 5.92 Å². The maximum atomic E-state index is 13.8. The quantitative estimate of drug-likeness (QED) is 0.526. The summed E-state index contributed by atoms with van der Waals surface area (Å²) in [5.41, 5.74) is 1.52. The molecule has 0 spiro atoms. The van der Waals surface area contributed by atoms with Crippen LogP contribution in [0.5, 0.6) is 0 Å². The number of halogens is 3. The maximum Gasteiger partial charge on any atom is 0.451 e. The Morgan fingerprint density at radius 2 is 1.74 bits per heavy atom. The van der Waals surface area contributed by atoms with Gasteiger partial charge in [0.05, 0.1) is 11.6 Å². The van der Waals surface area contributed by atoms with Gasteiger partial charge in [-0.3, -0.25) is 9.59 Å². The van der Waals surface area contributed by atoms with Gasteiger partial charge in [-0.05, 0) is 55.7 Å². The molecule has 2 aliphatic rings. The van der Waals surface area contributed by atoms with Crippen LogP contribution in [0.25, 0.3) is 0 Å². The number of nitrogens with one attached hydrogen (secondary N) is 2. The fraction of sp³-hybridized carbons (Fsp3) is 0.519. The van der Waals surface area contributed by atoms with Crippen molar-refractivity contribution < 1.29 is 22.8 Å². The molecule has 208 valence electrons. The summed E-state index contributed by atoms with van der Waals surface area (Å²) in [6.07, 6.45) is -1.56. The van der Waals surface area contributed by atoms with Crippen LogP contribution in [-0.4, -0.2) is 60.5 Å². The number of carbonyl (C=O) groups is 2. The van der Waals surface area contributed by atoms with Crippen molar-refractivity contribution in [1.29, 1.82) is 5.26 Å². The summed E-state index contributed by atoms with van der Waals surface area (Å²) in [6.45, 7) is 3.80. The van der Waals surface area contributed by atoms with Crippen molar-refractivity contribution in [2.45, 2.75) is 51.2 Å². The molecule has 4 rings (SSSR count). The van der Waals surface area contributed by atoms with Gasteiger partial charge in [0.15, 0.2) is 0 Å². The van der Waals surface area contributed by atoms with Crippen molar-refractivity contribution in [1.82, 2.24) is 20.6 Å². The number of carbonyl (C=O) groups excluding carboxylic acids is 2. The van der Waals surface area contributed by atoms with Gasteiger partial charge in [0.1, 0.15) is 17.7 Å². The largest absolute Gasteiger partial charge is 0.451 e. The number of rotatable bonds is 8. The topological polar surface area (TPSA) is 114 Å². The highest BCUT2D eigenvalue weighted by molar-refractivity contribution is 5.85. The number of hydrogen-bond donors (Lipinski definition) is 2. The summed E-state index contributed by atoms with van der Waals surface area (Å²) in [4.78, 5) is 35.4. The first kappa shape index (κ1) is 28.1. The Kier molecular flexibility index (Phi) is 8.89. The second-order valence-corrected chi connectivity index (χ2v) is 9.97. The highest BCUT2D eigenvalue weighted by Crippen LogP contribution is 2.33. The molecule has 0 bridgehead atoms. The first-order valence-corrected chi connectivity index (χ1v) is 13.1. The molecule has 0 saturated carbocycles. The van der Waals surface area contributed by atoms with Crippen LogP contribution in [0.15, 0.2) is 30.3 Å². The summed E-state index contributed by atoms with van der Waals surface area (Å²) in [6, 6.07) is 10.1. The minimum atomic E-state index is -4.73. The number of nitriles is 1. The zero-order chi connectivity index (χ0) is 28.0. The monoisotopic (exact) mass is 543 g/mol. The molecule has 0 aliphatic carbocycles. The highest BCUT2D eigenvalue weighted by Gasteiger charge is 2.38. The molecule has 3 heterocycles. The number of hydrogen-bond acceptors (Lipinski definition) is 7. The SMILES string of the molecule is CC(=O)NCC1CCN(c2cc(N3CCC[C@H]3C(=O)NCCc3ccc(C#N)cc3)nc(C(F)(F)F)n2)CC1. The second kappa shape index (κ2) is 12.3. The minimum absolute atomic E-state index is 0.0948. The summed E-state index contributed by atoms with van der Waals surface area (Å²) < 4.78 is 41.3. The van der Waals surface area contributed by atoms with Crippen LogP contribution in [0.4, 0.5) is 24.8 Å². The van der Waals surface area contributed by atoms with Gasteiger partial charge in [0, 0.05) is 45.7 Å². The van der Waals surface area contributed by atoms with Crippen LogP contribution < -0.4 is 20.4 Å². The molecule has 2 N–H and O–H groups in total. The number of anilines is 2. The Morgan fingerprint density at radius 3 is 2.38 bits per heavy atom. The van der Waals surface area contributed by atoms with Gasteiger partial charge in [-0.1, -0.05) is 12.1 Å². The van der Waals surface area contributed by atoms with Gasteiger partial charge in [-0.15, -0.1) is 0 Å². The first-order chi connectivity index (χ1) is 18.6. The number of aromatic nitrogens is 2. The van der Waals surface area contributed by atoms with Crippen LogP contribution in [0.2, 0.25) is 0 Å². The fourth-order valence-electron chi connectivity index (χ4n) is 5.02. The van der Waals surface area contributed by atoms with E-state index in [1.807, 2.05) is 17.0 Å². The van der Waals surface area contributed by atoms with Crippen LogP contribution in [-0.2, 0) is 22.2 Å². The van der Waals surface area contributed by atoms with E-state index < -0.39 is 18.0 Å². The van der Waals surface area contributed by atoms with Crippen LogP contribution in [0.1, 0.15) is 49.6 Å². The lowest BCUT2D eigenvalue weighted by molar-refractivity contribution is -0.144. The lowest BCUT2D eigenvalue weighted by Crippen LogP contribution is -2.44. The Balaban J connectivity index is 1.44. The molecule has 1 atom stereocenters. The third-order valence-electron chi connectivity index (χ3n) is 7.18. The van der Waals surface area contributed by atoms with Gasteiger partial charge in [0.25, 0.3) is 0 Å². The Bertz CT molecular complexity index is 1210. The van der Waals surface area contributed by atoms with Gasteiger partial charge in [0.2, 0.25) is 17.6 Å². The number of nitrogens with zero attached hydrogens (tertiary/aromatic N) is 5. The average Bonchev–Trinajstić information content (AvgIpc) is 3.42. The summed E-state index contributed by atoms with van der Waals surface area (Å²) in [5.74, 6) is -1.04. The molecular weight excluding hydrogens is 511 g/mol. The third kappa shape index (κ3) is 7.37. The van der Waals surface area contributed by atoms with Gasteiger partial charge in [-0.2, -0.15) is 18.4 Å². The van der Waals surface area contributed by atoms with E-state index >= 15 is 0 Å². The van der Waals surface area contributed by atoms with Crippen molar-refractivity contribution >= 4 is 23.5 Å². The number of alkyl halides is 3. The minimum Gasteiger partial charge on any atom is -0.356 e. The van der Waals surface area contributed by atoms with E-state index in [4.69, 9.17) is 5.26 Å². The zero-order valence-corrected chi connectivity index (χ0v) is 21.8. The van der Waals surface area contributed by atoms with Crippen molar-refractivity contribution in [3.63, 3.8) is 0 Å². The third-order valence-corrected chi connectivity index (χ3v) is 7.18. The highest BCUT2D eigenvalue weighted by atomic mass is 19.4. The number of amides is 2. The molecule has 0 unspecified atom stereocenters. The normalized spacial score (nSPS) is 18.1. The summed E-state index contributed by atoms with van der Waals surface area (Å²) >= 11 is 0. The predicted molar refractivity (Wildman–Crippen MR) is 139 cm³/mol. The van der Waals surface area contributed by atoms with E-state index in [-0.39, 0.29) is 29.4 Å². The van der Waals surface area contributed by atoms with Crippen LogP contribution >= 0.6 is 0 Å². The molecule has 9 nitrogen and oxygen atoms in total. The van der Waals surface area contributed by atoms with E-state index in [2.05, 4.69) is 26.7 Å². The predicted octanol–water partition coefficient (Wildman–Crippen LogP) is 3.05. The van der Waals surface area contributed by atoms with Crippen LogP contribution in [0.3, 0.4) is 0 Å². The lowest BCUT2D eigenvalue weighted by atomic mass is 9.97. The van der Waals surface area contributed by atoms with E-state index in [1.54, 1.807) is 23.1 Å². The van der Waals surface area contributed by atoms with Gasteiger partial charge in [-0.25, -0.2) is 9.97 Å². The van der Waals surface area contributed by atoms with E-state index in [0.717, 1.165) is 18.4 Å². The standard InChI is InChI=1S/C27H32F3N7O2/c1-18(38)33-17-21-9-13-36(14-10-21)23-15-24(35-26(34-23)27(28,29)30)37-12-2-3-22(37)25(39)32-11-8-19-4-6-20(16-31)7-5-19/h4-7,15,21-22H,2-3,8-14,17H2,1H3,(H,32,39)(H,33,38)/t22-/m0/s1. The smallest absolute Gasteiger partial charge is 0.356 e. The van der Waals surface area contributed by atoms with Gasteiger partial charge < -0.3 is 20.4 Å². The van der Waals surface area contributed by atoms with E-state index in [9.17, 15) is 22.8 Å². The van der Waals surface area contributed by atoms with Crippen molar-refractivity contribution in [2.75, 3.05) is 42.5 Å². The van der Waals surface area contributed by atoms with Crippen molar-refractivity contribution in [3.8, 4) is 6.07 Å². The Morgan fingerprint density at radius 1 is 1.05 bits per heavy atom. The molecule has 2 aliphatic heterocycles. The molecule has 2 amide bonds. The molecule has 1 aromatic heterocycles. The van der Waals surface area contributed by atoms with E-state index in [1.165, 1.54) is 6.92 Å². The Labute approximate surface area is 225 Å². The maximum absolute atomic E-state index is 13.8. The van der Waals surface area contributed by atoms with E-state index in [0.29, 0.717) is 57.5 Å². The van der Waals surface area contributed by atoms with Crippen LogP contribution in [0, 0.1) is 17.2 Å². The first-order valence-electron chi connectivity index (χ1n) is 13.1. The lowest BCUT2D eigenvalue weighted by Gasteiger charge is -2.34. The summed E-state index contributed by atoms with van der Waals surface area (Å²) in [5, 5.41) is 14.6. The Hall–Kier alpha value is -3.88. The molecule has 2 aromatic rings. The number of benzene rings is 1.